The molecule has 0 aliphatic rings. The number of azo groups is 2. The number of nitrogens with zero attached hydrogens (tertiary/aromatic N) is 4. The van der Waals surface area contributed by atoms with Crippen LogP contribution in [0.3, 0.4) is 0 Å². The number of hydrogen-bond donors (Lipinski definition) is 4. The van der Waals surface area contributed by atoms with Crippen molar-refractivity contribution in [1.29, 1.82) is 0 Å². The molecule has 5 unspecified atom stereocenters. The van der Waals surface area contributed by atoms with Crippen LogP contribution in [0.4, 0.5) is 34.1 Å². The molecule has 0 saturated carbocycles. The largest absolute Gasteiger partial charge is 0.495 e. The van der Waals surface area contributed by atoms with Crippen molar-refractivity contribution < 1.29 is 38.2 Å². The van der Waals surface area contributed by atoms with E-state index in [-0.39, 0.29) is 43.9 Å². The highest BCUT2D eigenvalue weighted by molar-refractivity contribution is 6.33. The van der Waals surface area contributed by atoms with Gasteiger partial charge in [0.25, 0.3) is 23.6 Å². The molecule has 0 saturated heterocycles. The van der Waals surface area contributed by atoms with Gasteiger partial charge in [0.2, 0.25) is 12.1 Å². The molecule has 0 aliphatic carbocycles. The van der Waals surface area contributed by atoms with E-state index in [1.807, 2.05) is 0 Å². The van der Waals surface area contributed by atoms with E-state index >= 15 is 0 Å². The maximum atomic E-state index is 13.6. The van der Waals surface area contributed by atoms with Crippen LogP contribution in [0.5, 0.6) is 11.5 Å². The van der Waals surface area contributed by atoms with Crippen LogP contribution in [0.1, 0.15) is 88.2 Å². The fourth-order valence-corrected chi connectivity index (χ4v) is 7.43. The summed E-state index contributed by atoms with van der Waals surface area (Å²) in [5.74, 6) is -3.40. The van der Waals surface area contributed by atoms with E-state index in [2.05, 4.69) is 41.7 Å². The first kappa shape index (κ1) is 53.5. The topological polar surface area (TPSA) is 218 Å². The van der Waals surface area contributed by atoms with Crippen LogP contribution in [0.2, 0.25) is 10.0 Å². The number of benzene rings is 5. The molecule has 5 atom stereocenters. The maximum Gasteiger partial charge on any atom is 0.258 e. The lowest BCUT2D eigenvalue weighted by Gasteiger charge is -2.17. The molecule has 4 N–H and O–H groups in total. The molecule has 5 aromatic carbocycles. The molecule has 4 amide bonds. The number of nitrogens with one attached hydrogen (secondary N) is 4. The van der Waals surface area contributed by atoms with Gasteiger partial charge in [0.1, 0.15) is 22.9 Å². The summed E-state index contributed by atoms with van der Waals surface area (Å²) in [5, 5.41) is 25.5. The number of alkyl halides is 3. The minimum atomic E-state index is -1.66. The normalized spacial score (nSPS) is 13.4. The molecular formula is C48H45Cl5N8O8. The molecule has 5 aromatic rings. The summed E-state index contributed by atoms with van der Waals surface area (Å²) in [5.41, 5.74) is 2.89. The quantitative estimate of drug-likeness (QED) is 0.0353. The first-order chi connectivity index (χ1) is 32.7. The highest BCUT2D eigenvalue weighted by atomic mass is 35.5. The number of methoxy groups -OCH3 is 2. The van der Waals surface area contributed by atoms with Gasteiger partial charge in [-0.05, 0) is 118 Å². The number of carbonyl (C=O) groups excluding carboxylic acids is 6. The number of carbonyl (C=O) groups is 6. The van der Waals surface area contributed by atoms with Gasteiger partial charge in [-0.3, -0.25) is 28.8 Å². The van der Waals surface area contributed by atoms with Crippen LogP contribution < -0.4 is 30.7 Å². The van der Waals surface area contributed by atoms with Crippen molar-refractivity contribution in [2.75, 3.05) is 35.5 Å². The lowest BCUT2D eigenvalue weighted by atomic mass is 10.1. The zero-order chi connectivity index (χ0) is 50.7. The van der Waals surface area contributed by atoms with Crippen molar-refractivity contribution in [2.24, 2.45) is 20.5 Å². The number of Topliss-reactive ketones (excluding diaryl/α,β-unsaturated/α-hetero) is 2. The highest BCUT2D eigenvalue weighted by Gasteiger charge is 2.27. The van der Waals surface area contributed by atoms with E-state index < -0.39 is 63.4 Å². The molecule has 0 bridgehead atoms. The standard InChI is InChI=1S/C48H45Cl5N8O8/c1-23(49)31-10-8-12-39(68-6)43(31)56-45(64)28-14-17-34(52)37(20-28)58-60-41(26(4)62)47(66)54-30-16-19-36(33(22-30)25(3)51)55-48(67)42(27(5)63)61-59-38-21-29(15-18-35(38)53)46(65)57-44-32(24(2)50)11-9-13-40(44)69-7/h8-25,41-42H,1-7H3,(H,54,66)(H,55,67)(H,56,64)(H,57,65). The smallest absolute Gasteiger partial charge is 0.258 e. The van der Waals surface area contributed by atoms with Gasteiger partial charge in [0.05, 0.1) is 51.8 Å². The Kier molecular flexibility index (Phi) is 18.8. The second-order valence-corrected chi connectivity index (χ2v) is 18.0. The minimum Gasteiger partial charge on any atom is -0.495 e. The van der Waals surface area contributed by atoms with Gasteiger partial charge in [0, 0.05) is 22.5 Å². The third-order valence-corrected chi connectivity index (χ3v) is 11.5. The third-order valence-electron chi connectivity index (χ3n) is 10.1. The van der Waals surface area contributed by atoms with Gasteiger partial charge < -0.3 is 30.7 Å². The predicted octanol–water partition coefficient (Wildman–Crippen LogP) is 12.8. The van der Waals surface area contributed by atoms with Crippen molar-refractivity contribution in [3.05, 3.63) is 129 Å². The summed E-state index contributed by atoms with van der Waals surface area (Å²) in [7, 11) is 2.92. The zero-order valence-corrected chi connectivity index (χ0v) is 41.8. The number of hydrogen-bond acceptors (Lipinski definition) is 12. The Morgan fingerprint density at radius 2 is 0.942 bits per heavy atom. The van der Waals surface area contributed by atoms with E-state index in [1.54, 1.807) is 57.2 Å². The molecule has 360 valence electrons. The van der Waals surface area contributed by atoms with E-state index in [0.717, 1.165) is 13.8 Å². The average molecular weight is 1040 g/mol. The van der Waals surface area contributed by atoms with Crippen molar-refractivity contribution in [1.82, 2.24) is 0 Å². The van der Waals surface area contributed by atoms with Crippen LogP contribution in [0.15, 0.2) is 111 Å². The van der Waals surface area contributed by atoms with Gasteiger partial charge in [-0.2, -0.15) is 20.5 Å². The van der Waals surface area contributed by atoms with Gasteiger partial charge >= 0.3 is 0 Å². The first-order valence-electron chi connectivity index (χ1n) is 20.8. The average Bonchev–Trinajstić information content (AvgIpc) is 3.30. The molecule has 0 fully saturated rings. The predicted molar refractivity (Wildman–Crippen MR) is 269 cm³/mol. The lowest BCUT2D eigenvalue weighted by Crippen LogP contribution is -2.32. The van der Waals surface area contributed by atoms with Crippen LogP contribution in [-0.4, -0.2) is 61.5 Å². The molecule has 0 spiro atoms. The Bertz CT molecular complexity index is 2860. The monoisotopic (exact) mass is 1040 g/mol. The summed E-state index contributed by atoms with van der Waals surface area (Å²) in [4.78, 5) is 79.4. The Hall–Kier alpha value is -6.43. The van der Waals surface area contributed by atoms with Gasteiger partial charge in [-0.25, -0.2) is 0 Å². The zero-order valence-electron chi connectivity index (χ0n) is 38.0. The van der Waals surface area contributed by atoms with E-state index in [4.69, 9.17) is 67.5 Å². The summed E-state index contributed by atoms with van der Waals surface area (Å²) < 4.78 is 10.8. The number of rotatable bonds is 19. The van der Waals surface area contributed by atoms with E-state index in [1.165, 1.54) is 68.8 Å². The highest BCUT2D eigenvalue weighted by Crippen LogP contribution is 2.38. The van der Waals surface area contributed by atoms with Crippen molar-refractivity contribution in [3.8, 4) is 11.5 Å². The molecule has 5 rings (SSSR count). The summed E-state index contributed by atoms with van der Waals surface area (Å²) in [6.07, 6.45) is 0. The van der Waals surface area contributed by atoms with Crippen molar-refractivity contribution in [3.63, 3.8) is 0 Å². The van der Waals surface area contributed by atoms with E-state index in [0.29, 0.717) is 39.6 Å². The summed E-state index contributed by atoms with van der Waals surface area (Å²) in [6.45, 7) is 7.40. The molecule has 16 nitrogen and oxygen atoms in total. The van der Waals surface area contributed by atoms with Gasteiger partial charge in [-0.15, -0.1) is 34.8 Å². The van der Waals surface area contributed by atoms with Crippen LogP contribution in [0.25, 0.3) is 0 Å². The second-order valence-electron chi connectivity index (χ2n) is 15.2. The number of ketones is 2. The van der Waals surface area contributed by atoms with Gasteiger partial charge in [-0.1, -0.05) is 47.5 Å². The molecular weight excluding hydrogens is 994 g/mol. The number of ether oxygens (including phenoxy) is 2. The SMILES string of the molecule is COc1cccc(C(C)Cl)c1NC(=O)c1ccc(Cl)c(N=NC(C(C)=O)C(=O)Nc2ccc(NC(=O)C(N=Nc3cc(C(=O)Nc4c(OC)cccc4C(C)Cl)ccc3Cl)C(C)=O)c(C(C)Cl)c2)c1. The van der Waals surface area contributed by atoms with E-state index in [9.17, 15) is 28.8 Å². The van der Waals surface area contributed by atoms with Crippen molar-refractivity contribution in [2.45, 2.75) is 62.8 Å². The molecule has 0 aliphatic heterocycles. The Morgan fingerprint density at radius 1 is 0.522 bits per heavy atom. The Labute approximate surface area is 422 Å². The molecule has 21 heteroatoms. The maximum absolute atomic E-state index is 13.6. The number of anilines is 4. The Balaban J connectivity index is 1.30. The Morgan fingerprint density at radius 3 is 1.33 bits per heavy atom. The van der Waals surface area contributed by atoms with Crippen LogP contribution in [-0.2, 0) is 19.2 Å². The fraction of sp³-hybridized carbons (Fsp3) is 0.250. The number of amides is 4. The number of halogens is 5. The molecule has 69 heavy (non-hydrogen) atoms. The lowest BCUT2D eigenvalue weighted by molar-refractivity contribution is -0.127. The van der Waals surface area contributed by atoms with Gasteiger partial charge in [0.15, 0.2) is 11.6 Å². The van der Waals surface area contributed by atoms with Crippen LogP contribution in [0, 0.1) is 0 Å². The molecule has 0 radical (unpaired) electrons. The third kappa shape index (κ3) is 13.6. The van der Waals surface area contributed by atoms with Crippen molar-refractivity contribution >= 4 is 127 Å². The summed E-state index contributed by atoms with van der Waals surface area (Å²) in [6, 6.07) is 19.8. The first-order valence-corrected chi connectivity index (χ1v) is 22.9. The van der Waals surface area contributed by atoms with Crippen LogP contribution >= 0.6 is 58.0 Å². The molecule has 0 aromatic heterocycles. The summed E-state index contributed by atoms with van der Waals surface area (Å²) >= 11 is 32.0. The second kappa shape index (κ2) is 24.2. The molecule has 0 heterocycles. The fourth-order valence-electron chi connectivity index (χ4n) is 6.57. The number of para-hydroxylation sites is 2. The minimum absolute atomic E-state index is 0.00322.